The van der Waals surface area contributed by atoms with Gasteiger partial charge in [0.1, 0.15) is 12.1 Å². The first-order valence-corrected chi connectivity index (χ1v) is 7.12. The van der Waals surface area contributed by atoms with Gasteiger partial charge in [0.15, 0.2) is 0 Å². The van der Waals surface area contributed by atoms with Crippen LogP contribution in [-0.4, -0.2) is 18.2 Å². The number of aryl methyl sites for hydroxylation is 2. The Morgan fingerprint density at radius 2 is 1.96 bits per heavy atom. The zero-order valence-corrected chi connectivity index (χ0v) is 13.1. The zero-order valence-electron chi connectivity index (χ0n) is 13.1. The van der Waals surface area contributed by atoms with E-state index in [9.17, 15) is 4.79 Å². The summed E-state index contributed by atoms with van der Waals surface area (Å²) in [6.45, 7) is 5.69. The van der Waals surface area contributed by atoms with E-state index < -0.39 is 6.04 Å². The molecule has 1 aliphatic rings. The first kappa shape index (κ1) is 16.3. The smallest absolute Gasteiger partial charge is 0.248 e. The predicted octanol–water partition coefficient (Wildman–Crippen LogP) is 2.64. The number of nitrogens with one attached hydrogen (secondary N) is 1. The van der Waals surface area contributed by atoms with E-state index >= 15 is 0 Å². The summed E-state index contributed by atoms with van der Waals surface area (Å²) in [5.41, 5.74) is 5.71. The Bertz CT molecular complexity index is 754. The van der Waals surface area contributed by atoms with Crippen LogP contribution in [-0.2, 0) is 4.79 Å². The Kier molecular flexibility index (Phi) is 4.82. The molecule has 1 aromatic carbocycles. The molecule has 0 saturated carbocycles. The number of rotatable bonds is 3. The van der Waals surface area contributed by atoms with Gasteiger partial charge in [0.25, 0.3) is 0 Å². The molecule has 23 heavy (non-hydrogen) atoms. The molecule has 1 aromatic rings. The number of hydrazone groups is 1. The fourth-order valence-electron chi connectivity index (χ4n) is 2.50. The van der Waals surface area contributed by atoms with E-state index in [0.717, 1.165) is 16.7 Å². The number of nitrogens with zero attached hydrogens (tertiary/aromatic N) is 5. The molecule has 2 unspecified atom stereocenters. The lowest BCUT2D eigenvalue weighted by atomic mass is 9.83. The second-order valence-electron chi connectivity index (χ2n) is 5.46. The standard InChI is InChI=1S/C16H16N6O/c1-9-5-14(21-20-12(6-17)7-18)10(2)4-13(9)15-11(3)8-19-22-16(15)23/h4-5,8,11-12,15H,1-3H3,(H,22,23). The lowest BCUT2D eigenvalue weighted by Crippen LogP contribution is -2.35. The second kappa shape index (κ2) is 6.80. The van der Waals surface area contributed by atoms with Crippen molar-refractivity contribution in [1.29, 1.82) is 10.5 Å². The third kappa shape index (κ3) is 3.41. The fourth-order valence-corrected chi connectivity index (χ4v) is 2.50. The molecule has 2 rings (SSSR count). The van der Waals surface area contributed by atoms with Gasteiger partial charge in [-0.25, -0.2) is 5.43 Å². The lowest BCUT2D eigenvalue weighted by molar-refractivity contribution is -0.123. The van der Waals surface area contributed by atoms with Crippen LogP contribution in [0.1, 0.15) is 29.5 Å². The molecule has 0 bridgehead atoms. The van der Waals surface area contributed by atoms with Gasteiger partial charge < -0.3 is 0 Å². The van der Waals surface area contributed by atoms with E-state index in [4.69, 9.17) is 10.5 Å². The highest BCUT2D eigenvalue weighted by atomic mass is 16.2. The van der Waals surface area contributed by atoms with Gasteiger partial charge in [0.05, 0.1) is 11.6 Å². The third-order valence-electron chi connectivity index (χ3n) is 3.74. The van der Waals surface area contributed by atoms with Crippen LogP contribution in [0.15, 0.2) is 27.5 Å². The summed E-state index contributed by atoms with van der Waals surface area (Å²) in [5, 5.41) is 29.0. The minimum Gasteiger partial charge on any atom is -0.272 e. The quantitative estimate of drug-likeness (QED) is 0.865. The summed E-state index contributed by atoms with van der Waals surface area (Å²) < 4.78 is 0. The summed E-state index contributed by atoms with van der Waals surface area (Å²) in [6, 6.07) is 6.08. The highest BCUT2D eigenvalue weighted by molar-refractivity contribution is 5.90. The van der Waals surface area contributed by atoms with E-state index in [1.165, 1.54) is 0 Å². The van der Waals surface area contributed by atoms with E-state index in [2.05, 4.69) is 20.8 Å². The first-order valence-electron chi connectivity index (χ1n) is 7.12. The van der Waals surface area contributed by atoms with Crippen molar-refractivity contribution in [2.45, 2.75) is 32.7 Å². The lowest BCUT2D eigenvalue weighted by Gasteiger charge is -2.25. The van der Waals surface area contributed by atoms with Gasteiger partial charge in [-0.2, -0.15) is 25.9 Å². The monoisotopic (exact) mass is 308 g/mol. The largest absolute Gasteiger partial charge is 0.272 e. The third-order valence-corrected chi connectivity index (χ3v) is 3.74. The number of benzene rings is 1. The molecule has 0 fully saturated rings. The maximum absolute atomic E-state index is 12.1. The highest BCUT2D eigenvalue weighted by Crippen LogP contribution is 2.33. The van der Waals surface area contributed by atoms with E-state index in [-0.39, 0.29) is 17.7 Å². The molecule has 7 nitrogen and oxygen atoms in total. The van der Waals surface area contributed by atoms with Crippen LogP contribution in [0.4, 0.5) is 5.69 Å². The molecule has 0 spiro atoms. The van der Waals surface area contributed by atoms with E-state index in [0.29, 0.717) is 5.69 Å². The Balaban J connectivity index is 2.38. The summed E-state index contributed by atoms with van der Waals surface area (Å²) in [4.78, 5) is 12.1. The van der Waals surface area contributed by atoms with Gasteiger partial charge >= 0.3 is 0 Å². The fraction of sp³-hybridized carbons (Fsp3) is 0.375. The average molecular weight is 308 g/mol. The van der Waals surface area contributed by atoms with E-state index in [1.807, 2.05) is 32.9 Å². The maximum Gasteiger partial charge on any atom is 0.248 e. The molecule has 1 amide bonds. The molecule has 1 aliphatic heterocycles. The Morgan fingerprint density at radius 1 is 1.26 bits per heavy atom. The second-order valence-corrected chi connectivity index (χ2v) is 5.46. The van der Waals surface area contributed by atoms with Gasteiger partial charge in [-0.1, -0.05) is 13.0 Å². The van der Waals surface area contributed by atoms with Crippen LogP contribution in [0.5, 0.6) is 0 Å². The summed E-state index contributed by atoms with van der Waals surface area (Å²) in [7, 11) is 0. The molecular weight excluding hydrogens is 292 g/mol. The number of nitriles is 2. The molecule has 7 heteroatoms. The summed E-state index contributed by atoms with van der Waals surface area (Å²) in [5.74, 6) is -0.440. The van der Waals surface area contributed by atoms with Crippen LogP contribution in [0.2, 0.25) is 0 Å². The van der Waals surface area contributed by atoms with E-state index in [1.54, 1.807) is 18.4 Å². The Labute approximate surface area is 134 Å². The number of azo groups is 1. The van der Waals surface area contributed by atoms with Gasteiger partial charge in [0, 0.05) is 12.1 Å². The molecular formula is C16H16N6O. The van der Waals surface area contributed by atoms with Crippen LogP contribution < -0.4 is 5.43 Å². The van der Waals surface area contributed by atoms with Crippen LogP contribution >= 0.6 is 0 Å². The Morgan fingerprint density at radius 3 is 2.57 bits per heavy atom. The SMILES string of the molecule is Cc1cc(C2C(=O)NN=CC2C)c(C)cc1N=NC(C#N)C#N. The van der Waals surface area contributed by atoms with Crippen molar-refractivity contribution in [2.24, 2.45) is 21.2 Å². The van der Waals surface area contributed by atoms with Crippen molar-refractivity contribution in [3.05, 3.63) is 28.8 Å². The minimum atomic E-state index is -1.12. The molecule has 2 atom stereocenters. The number of carbonyl (C=O) groups excluding carboxylic acids is 1. The number of amides is 1. The van der Waals surface area contributed by atoms with Crippen LogP contribution in [0.25, 0.3) is 0 Å². The van der Waals surface area contributed by atoms with Crippen molar-refractivity contribution in [3.8, 4) is 12.1 Å². The molecule has 0 saturated heterocycles. The van der Waals surface area contributed by atoms with Crippen molar-refractivity contribution in [2.75, 3.05) is 0 Å². The van der Waals surface area contributed by atoms with Gasteiger partial charge in [-0.3, -0.25) is 4.79 Å². The number of hydrogen-bond acceptors (Lipinski definition) is 6. The minimum absolute atomic E-state index is 0.00381. The molecule has 116 valence electrons. The topological polar surface area (TPSA) is 114 Å². The van der Waals surface area contributed by atoms with Crippen LogP contribution in [0.3, 0.4) is 0 Å². The van der Waals surface area contributed by atoms with Gasteiger partial charge in [-0.05, 0) is 36.6 Å². The normalized spacial score (nSPS) is 20.3. The number of hydrogen-bond donors (Lipinski definition) is 1. The van der Waals surface area contributed by atoms with Gasteiger partial charge in [0.2, 0.25) is 11.9 Å². The Hall–Kier alpha value is -3.06. The average Bonchev–Trinajstić information content (AvgIpc) is 2.52. The highest BCUT2D eigenvalue weighted by Gasteiger charge is 2.30. The molecule has 0 aromatic heterocycles. The van der Waals surface area contributed by atoms with Crippen molar-refractivity contribution >= 4 is 17.8 Å². The summed E-state index contributed by atoms with van der Waals surface area (Å²) in [6.07, 6.45) is 1.72. The predicted molar refractivity (Wildman–Crippen MR) is 84.0 cm³/mol. The maximum atomic E-state index is 12.1. The zero-order chi connectivity index (χ0) is 17.0. The summed E-state index contributed by atoms with van der Waals surface area (Å²) >= 11 is 0. The molecule has 0 aliphatic carbocycles. The molecule has 0 radical (unpaired) electrons. The van der Waals surface area contributed by atoms with Gasteiger partial charge in [-0.15, -0.1) is 0 Å². The molecule has 1 heterocycles. The van der Waals surface area contributed by atoms with Crippen molar-refractivity contribution in [3.63, 3.8) is 0 Å². The first-order chi connectivity index (χ1) is 11.0. The van der Waals surface area contributed by atoms with Crippen LogP contribution in [0, 0.1) is 42.4 Å². The van der Waals surface area contributed by atoms with Crippen molar-refractivity contribution in [1.82, 2.24) is 5.43 Å². The molecule has 1 N–H and O–H groups in total. The van der Waals surface area contributed by atoms with Crippen molar-refractivity contribution < 1.29 is 4.79 Å². The number of carbonyl (C=O) groups is 1.